The number of urea groups is 1. The summed E-state index contributed by atoms with van der Waals surface area (Å²) in [7, 11) is 1.85. The summed E-state index contributed by atoms with van der Waals surface area (Å²) in [5.41, 5.74) is 15.1. The zero-order chi connectivity index (χ0) is 24.8. The zero-order valence-electron chi connectivity index (χ0n) is 18.9. The second-order valence-corrected chi connectivity index (χ2v) is 8.51. The van der Waals surface area contributed by atoms with Gasteiger partial charge in [-0.1, -0.05) is 35.9 Å². The maximum Gasteiger partial charge on any atom is 0.318 e. The molecule has 11 heteroatoms. The van der Waals surface area contributed by atoms with Crippen molar-refractivity contribution >= 4 is 34.9 Å². The average molecular weight is 504 g/mol. The Kier molecular flexibility index (Phi) is 8.25. The summed E-state index contributed by atoms with van der Waals surface area (Å²) in [4.78, 5) is 18.4. The molecular formula is C23H27Cl2N7O2. The number of nitrogens with two attached hydrogens (primary N) is 2. The number of amides is 2. The van der Waals surface area contributed by atoms with E-state index in [1.165, 1.54) is 0 Å². The van der Waals surface area contributed by atoms with Crippen LogP contribution in [-0.4, -0.2) is 52.7 Å². The van der Waals surface area contributed by atoms with Gasteiger partial charge in [-0.25, -0.2) is 9.79 Å². The molecule has 0 saturated heterocycles. The lowest BCUT2D eigenvalue weighted by atomic mass is 10.0. The lowest BCUT2D eigenvalue weighted by Crippen LogP contribution is -2.39. The molecule has 0 atom stereocenters. The number of nitrogens with one attached hydrogen (secondary N) is 1. The second-order valence-electron chi connectivity index (χ2n) is 7.67. The van der Waals surface area contributed by atoms with E-state index in [9.17, 15) is 4.79 Å². The Balaban J connectivity index is 1.93. The van der Waals surface area contributed by atoms with Crippen LogP contribution in [0.4, 0.5) is 4.79 Å². The van der Waals surface area contributed by atoms with E-state index in [0.717, 1.165) is 5.56 Å². The number of carbonyl (C=O) groups excluding carboxylic acids is 1. The lowest BCUT2D eigenvalue weighted by molar-refractivity contribution is 0.211. The number of halogens is 2. The van der Waals surface area contributed by atoms with Gasteiger partial charge in [-0.15, -0.1) is 6.58 Å². The van der Waals surface area contributed by atoms with E-state index in [0.29, 0.717) is 57.9 Å². The van der Waals surface area contributed by atoms with Crippen LogP contribution < -0.4 is 21.5 Å². The van der Waals surface area contributed by atoms with Crippen LogP contribution in [-0.2, 0) is 13.5 Å². The molecule has 0 radical (unpaired) electrons. The molecule has 2 amide bonds. The van der Waals surface area contributed by atoms with Crippen molar-refractivity contribution in [2.45, 2.75) is 6.42 Å². The van der Waals surface area contributed by atoms with E-state index in [4.69, 9.17) is 39.4 Å². The molecule has 34 heavy (non-hydrogen) atoms. The fourth-order valence-corrected chi connectivity index (χ4v) is 4.05. The van der Waals surface area contributed by atoms with Gasteiger partial charge in [-0.05, 0) is 17.7 Å². The minimum absolute atomic E-state index is 0.0529. The predicted molar refractivity (Wildman–Crippen MR) is 135 cm³/mol. The quantitative estimate of drug-likeness (QED) is 0.358. The Morgan fingerprint density at radius 1 is 1.38 bits per heavy atom. The van der Waals surface area contributed by atoms with Gasteiger partial charge in [0.05, 0.1) is 42.2 Å². The standard InChI is InChI=1S/C23H27Cl2N7O2/c1-4-6-28-23(33)32-12-17(19(27)13-32)22(30-14(2)26)21-18(25)8-16(24)9-20(21)34-7-5-15-10-29-31(3)11-15/h4,8-11H,1-2,5-7,12-13,26-27H2,3H3,(H,28,33)/b30-22+. The number of aliphatic imine (C=N–C) groups is 1. The van der Waals surface area contributed by atoms with Crippen molar-refractivity contribution < 1.29 is 9.53 Å². The maximum absolute atomic E-state index is 12.5. The topological polar surface area (TPSA) is 124 Å². The van der Waals surface area contributed by atoms with Crippen LogP contribution in [0.5, 0.6) is 5.75 Å². The molecule has 2 aromatic rings. The van der Waals surface area contributed by atoms with Crippen LogP contribution in [0, 0.1) is 0 Å². The predicted octanol–water partition coefficient (Wildman–Crippen LogP) is 2.99. The highest BCUT2D eigenvalue weighted by atomic mass is 35.5. The first-order chi connectivity index (χ1) is 16.2. The molecule has 180 valence electrons. The van der Waals surface area contributed by atoms with E-state index < -0.39 is 0 Å². The third-order valence-corrected chi connectivity index (χ3v) is 5.50. The highest BCUT2D eigenvalue weighted by Gasteiger charge is 2.30. The first-order valence-corrected chi connectivity index (χ1v) is 11.2. The van der Waals surface area contributed by atoms with Gasteiger partial charge < -0.3 is 26.4 Å². The molecule has 0 unspecified atom stereocenters. The number of carbonyl (C=O) groups is 1. The van der Waals surface area contributed by atoms with Gasteiger partial charge in [-0.2, -0.15) is 5.10 Å². The van der Waals surface area contributed by atoms with Crippen LogP contribution in [0.25, 0.3) is 0 Å². The first kappa shape index (κ1) is 25.2. The van der Waals surface area contributed by atoms with Gasteiger partial charge in [0.25, 0.3) is 0 Å². The van der Waals surface area contributed by atoms with Crippen molar-refractivity contribution in [1.82, 2.24) is 20.0 Å². The number of hydrogen-bond donors (Lipinski definition) is 3. The minimum atomic E-state index is -0.279. The highest BCUT2D eigenvalue weighted by molar-refractivity contribution is 6.38. The number of hydrogen-bond acceptors (Lipinski definition) is 6. The van der Waals surface area contributed by atoms with Gasteiger partial charge >= 0.3 is 6.03 Å². The summed E-state index contributed by atoms with van der Waals surface area (Å²) in [6.45, 7) is 8.41. The molecule has 2 heterocycles. The van der Waals surface area contributed by atoms with Crippen molar-refractivity contribution in [3.8, 4) is 5.75 Å². The molecule has 1 aliphatic heterocycles. The Morgan fingerprint density at radius 3 is 2.79 bits per heavy atom. The van der Waals surface area contributed by atoms with E-state index in [1.54, 1.807) is 34.0 Å². The molecular weight excluding hydrogens is 477 g/mol. The largest absolute Gasteiger partial charge is 0.492 e. The Morgan fingerprint density at radius 2 is 2.15 bits per heavy atom. The van der Waals surface area contributed by atoms with Crippen LogP contribution >= 0.6 is 23.2 Å². The molecule has 0 bridgehead atoms. The first-order valence-electron chi connectivity index (χ1n) is 10.4. The summed E-state index contributed by atoms with van der Waals surface area (Å²) < 4.78 is 7.80. The van der Waals surface area contributed by atoms with E-state index in [-0.39, 0.29) is 24.9 Å². The Labute approximate surface area is 208 Å². The Hall–Kier alpha value is -3.43. The number of benzene rings is 1. The van der Waals surface area contributed by atoms with E-state index in [1.807, 2.05) is 13.2 Å². The summed E-state index contributed by atoms with van der Waals surface area (Å²) in [5, 5.41) is 7.61. The Bertz CT molecular complexity index is 1170. The minimum Gasteiger partial charge on any atom is -0.492 e. The van der Waals surface area contributed by atoms with Crippen molar-refractivity contribution in [3.63, 3.8) is 0 Å². The van der Waals surface area contributed by atoms with Crippen LogP contribution in [0.3, 0.4) is 0 Å². The maximum atomic E-state index is 12.5. The monoisotopic (exact) mass is 503 g/mol. The molecule has 5 N–H and O–H groups in total. The van der Waals surface area contributed by atoms with E-state index in [2.05, 4.69) is 28.6 Å². The molecule has 0 fully saturated rings. The number of aryl methyl sites for hydroxylation is 1. The summed E-state index contributed by atoms with van der Waals surface area (Å²) in [6, 6.07) is 2.96. The lowest BCUT2D eigenvalue weighted by Gasteiger charge is -2.19. The third kappa shape index (κ3) is 6.12. The number of aromatic nitrogens is 2. The molecule has 0 aliphatic carbocycles. The number of rotatable bonds is 9. The molecule has 0 spiro atoms. The third-order valence-electron chi connectivity index (χ3n) is 4.99. The van der Waals surface area contributed by atoms with Crippen LogP contribution in [0.15, 0.2) is 65.8 Å². The number of ether oxygens (including phenoxy) is 1. The smallest absolute Gasteiger partial charge is 0.318 e. The fraction of sp³-hybridized carbons (Fsp3) is 0.261. The van der Waals surface area contributed by atoms with Gasteiger partial charge in [0.15, 0.2) is 0 Å². The SMILES string of the molecule is C=CCNC(=O)N1CC(N)=C(/C(=N\C(=C)N)c2c(Cl)cc(Cl)cc2OCCc2cnn(C)c2)C1. The molecule has 1 aliphatic rings. The van der Waals surface area contributed by atoms with Crippen LogP contribution in [0.2, 0.25) is 10.0 Å². The highest BCUT2D eigenvalue weighted by Crippen LogP contribution is 2.35. The summed E-state index contributed by atoms with van der Waals surface area (Å²) in [5.74, 6) is 0.466. The van der Waals surface area contributed by atoms with Crippen LogP contribution in [0.1, 0.15) is 11.1 Å². The van der Waals surface area contributed by atoms with Crippen molar-refractivity contribution in [1.29, 1.82) is 0 Å². The normalized spacial score (nSPS) is 13.9. The van der Waals surface area contributed by atoms with Crippen molar-refractivity contribution in [2.24, 2.45) is 23.5 Å². The molecule has 9 nitrogen and oxygen atoms in total. The van der Waals surface area contributed by atoms with E-state index >= 15 is 0 Å². The van der Waals surface area contributed by atoms with Gasteiger partial charge in [-0.3, -0.25) is 4.68 Å². The zero-order valence-corrected chi connectivity index (χ0v) is 20.4. The van der Waals surface area contributed by atoms with Gasteiger partial charge in [0.1, 0.15) is 11.6 Å². The second kappa shape index (κ2) is 11.1. The molecule has 3 rings (SSSR count). The molecule has 1 aromatic heterocycles. The summed E-state index contributed by atoms with van der Waals surface area (Å²) >= 11 is 12.9. The average Bonchev–Trinajstić information content (AvgIpc) is 3.35. The van der Waals surface area contributed by atoms with Gasteiger partial charge in [0, 0.05) is 42.5 Å². The summed E-state index contributed by atoms with van der Waals surface area (Å²) in [6.07, 6.45) is 5.91. The number of nitrogens with zero attached hydrogens (tertiary/aromatic N) is 4. The molecule has 1 aromatic carbocycles. The van der Waals surface area contributed by atoms with Gasteiger partial charge in [0.2, 0.25) is 0 Å². The van der Waals surface area contributed by atoms with Crippen molar-refractivity contribution in [3.05, 3.63) is 82.0 Å². The fourth-order valence-electron chi connectivity index (χ4n) is 3.48. The molecule has 0 saturated carbocycles. The van der Waals surface area contributed by atoms with Crippen molar-refractivity contribution in [2.75, 3.05) is 26.2 Å².